The third-order valence-corrected chi connectivity index (χ3v) is 5.79. The molecule has 3 N–H and O–H groups in total. The van der Waals surface area contributed by atoms with Crippen LogP contribution < -0.4 is 5.73 Å². The third kappa shape index (κ3) is 4.19. The Balaban J connectivity index is 1.97. The topological polar surface area (TPSA) is 107 Å². The standard InChI is InChI=1S/C22H22FN5O2S/c1-12-17(18(24)29)20(27-19(26-12)21-25-8-9-31-21)28-11-13(6-7-22(2,3)30)15-10-14(23)4-5-16(15)28/h4-5,8-11,30H,6-7H2,1-3H3,(H2,24,29). The van der Waals surface area contributed by atoms with Gasteiger partial charge in [-0.15, -0.1) is 11.3 Å². The predicted molar refractivity (Wildman–Crippen MR) is 118 cm³/mol. The molecule has 0 unspecified atom stereocenters. The van der Waals surface area contributed by atoms with Crippen LogP contribution in [0.2, 0.25) is 0 Å². The van der Waals surface area contributed by atoms with Gasteiger partial charge in [0, 0.05) is 23.2 Å². The van der Waals surface area contributed by atoms with Gasteiger partial charge in [0.25, 0.3) is 5.91 Å². The maximum absolute atomic E-state index is 14.1. The quantitative estimate of drug-likeness (QED) is 0.475. The SMILES string of the molecule is Cc1nc(-c2nccs2)nc(-n2cc(CCC(C)(C)O)c3cc(F)ccc32)c1C(N)=O. The highest BCUT2D eigenvalue weighted by molar-refractivity contribution is 7.13. The number of nitrogens with two attached hydrogens (primary N) is 1. The van der Waals surface area contributed by atoms with Crippen molar-refractivity contribution in [3.05, 3.63) is 58.6 Å². The first-order valence-electron chi connectivity index (χ1n) is 9.74. The Kier molecular flexibility index (Phi) is 5.32. The number of hydrogen-bond acceptors (Lipinski definition) is 6. The van der Waals surface area contributed by atoms with Crippen molar-refractivity contribution in [3.8, 4) is 16.6 Å². The van der Waals surface area contributed by atoms with Gasteiger partial charge in [-0.3, -0.25) is 4.79 Å². The molecule has 7 nitrogen and oxygen atoms in total. The highest BCUT2D eigenvalue weighted by Gasteiger charge is 2.23. The van der Waals surface area contributed by atoms with Gasteiger partial charge in [-0.2, -0.15) is 0 Å². The van der Waals surface area contributed by atoms with Gasteiger partial charge < -0.3 is 15.4 Å². The average Bonchev–Trinajstić information content (AvgIpc) is 3.33. The minimum atomic E-state index is -0.871. The second-order valence-corrected chi connectivity index (χ2v) is 8.93. The highest BCUT2D eigenvalue weighted by Crippen LogP contribution is 2.30. The highest BCUT2D eigenvalue weighted by atomic mass is 32.1. The van der Waals surface area contributed by atoms with Crippen molar-refractivity contribution in [3.63, 3.8) is 0 Å². The van der Waals surface area contributed by atoms with Crippen LogP contribution in [0.1, 0.15) is 41.9 Å². The van der Waals surface area contributed by atoms with E-state index in [0.29, 0.717) is 46.1 Å². The Hall–Kier alpha value is -3.17. The largest absolute Gasteiger partial charge is 0.390 e. The molecular formula is C22H22FN5O2S. The summed E-state index contributed by atoms with van der Waals surface area (Å²) in [5, 5.41) is 13.3. The summed E-state index contributed by atoms with van der Waals surface area (Å²) in [5.74, 6) is -0.321. The van der Waals surface area contributed by atoms with Crippen molar-refractivity contribution in [1.82, 2.24) is 19.5 Å². The lowest BCUT2D eigenvalue weighted by molar-refractivity contribution is 0.0715. The molecule has 3 heterocycles. The normalized spacial score (nSPS) is 11.9. The van der Waals surface area contributed by atoms with E-state index >= 15 is 0 Å². The lowest BCUT2D eigenvalue weighted by Gasteiger charge is -2.16. The molecular weight excluding hydrogens is 417 g/mol. The van der Waals surface area contributed by atoms with Crippen molar-refractivity contribution >= 4 is 28.1 Å². The van der Waals surface area contributed by atoms with Gasteiger partial charge in [-0.05, 0) is 57.4 Å². The van der Waals surface area contributed by atoms with Crippen LogP contribution in [0.4, 0.5) is 4.39 Å². The zero-order valence-electron chi connectivity index (χ0n) is 17.4. The molecule has 0 radical (unpaired) electrons. The summed E-state index contributed by atoms with van der Waals surface area (Å²) in [5.41, 5.74) is 6.94. The van der Waals surface area contributed by atoms with Gasteiger partial charge >= 0.3 is 0 Å². The number of carbonyl (C=O) groups excluding carboxylic acids is 1. The van der Waals surface area contributed by atoms with Gasteiger partial charge in [0.2, 0.25) is 0 Å². The van der Waals surface area contributed by atoms with Gasteiger partial charge in [0.05, 0.1) is 16.8 Å². The number of amides is 1. The number of rotatable bonds is 6. The number of aromatic nitrogens is 4. The number of aliphatic hydroxyl groups is 1. The number of aryl methyl sites for hydroxylation is 2. The lowest BCUT2D eigenvalue weighted by Crippen LogP contribution is -2.19. The molecule has 160 valence electrons. The molecule has 9 heteroatoms. The number of halogens is 1. The molecule has 0 aliphatic heterocycles. The number of hydrogen-bond donors (Lipinski definition) is 2. The monoisotopic (exact) mass is 439 g/mol. The summed E-state index contributed by atoms with van der Waals surface area (Å²) in [6.45, 7) is 5.15. The number of carbonyl (C=O) groups is 1. The summed E-state index contributed by atoms with van der Waals surface area (Å²) in [6.07, 6.45) is 4.48. The molecule has 0 fully saturated rings. The number of fused-ring (bicyclic) bond motifs is 1. The maximum Gasteiger partial charge on any atom is 0.254 e. The van der Waals surface area contributed by atoms with E-state index in [1.165, 1.54) is 23.5 Å². The molecule has 4 rings (SSSR count). The summed E-state index contributed by atoms with van der Waals surface area (Å²) in [7, 11) is 0. The van der Waals surface area contributed by atoms with Crippen molar-refractivity contribution in [2.45, 2.75) is 39.2 Å². The minimum absolute atomic E-state index is 0.190. The zero-order chi connectivity index (χ0) is 22.3. The minimum Gasteiger partial charge on any atom is -0.390 e. The molecule has 0 aliphatic carbocycles. The van der Waals surface area contributed by atoms with Crippen LogP contribution in [0, 0.1) is 12.7 Å². The van der Waals surface area contributed by atoms with Crippen LogP contribution in [-0.4, -0.2) is 36.1 Å². The number of thiazole rings is 1. The molecule has 0 saturated carbocycles. The van der Waals surface area contributed by atoms with E-state index in [1.807, 2.05) is 11.6 Å². The van der Waals surface area contributed by atoms with Crippen LogP contribution in [0.5, 0.6) is 0 Å². The Morgan fingerprint density at radius 2 is 2.10 bits per heavy atom. The second kappa shape index (κ2) is 7.82. The van der Waals surface area contributed by atoms with Crippen LogP contribution in [0.3, 0.4) is 0 Å². The molecule has 1 amide bonds. The molecule has 0 bridgehead atoms. The van der Waals surface area contributed by atoms with Crippen molar-refractivity contribution in [1.29, 1.82) is 0 Å². The fraction of sp³-hybridized carbons (Fsp3) is 0.273. The van der Waals surface area contributed by atoms with E-state index in [2.05, 4.69) is 15.0 Å². The zero-order valence-corrected chi connectivity index (χ0v) is 18.2. The summed E-state index contributed by atoms with van der Waals surface area (Å²) in [6, 6.07) is 4.45. The van der Waals surface area contributed by atoms with Crippen LogP contribution >= 0.6 is 11.3 Å². The average molecular weight is 440 g/mol. The first kappa shape index (κ1) is 21.1. The van der Waals surface area contributed by atoms with Crippen LogP contribution in [0.25, 0.3) is 27.6 Å². The maximum atomic E-state index is 14.1. The lowest BCUT2D eigenvalue weighted by atomic mass is 9.99. The van der Waals surface area contributed by atoms with Gasteiger partial charge in [-0.1, -0.05) is 0 Å². The van der Waals surface area contributed by atoms with E-state index in [0.717, 1.165) is 5.56 Å². The second-order valence-electron chi connectivity index (χ2n) is 8.03. The summed E-state index contributed by atoms with van der Waals surface area (Å²) in [4.78, 5) is 25.6. The molecule has 3 aromatic heterocycles. The molecule has 0 saturated heterocycles. The molecule has 0 aliphatic rings. The smallest absolute Gasteiger partial charge is 0.254 e. The van der Waals surface area contributed by atoms with Crippen molar-refractivity contribution in [2.24, 2.45) is 5.73 Å². The molecule has 1 aromatic carbocycles. The number of primary amides is 1. The van der Waals surface area contributed by atoms with E-state index in [1.54, 1.807) is 37.6 Å². The number of nitrogens with zero attached hydrogens (tertiary/aromatic N) is 4. The van der Waals surface area contributed by atoms with E-state index in [-0.39, 0.29) is 11.4 Å². The fourth-order valence-corrected chi connectivity index (χ4v) is 4.10. The van der Waals surface area contributed by atoms with E-state index in [4.69, 9.17) is 5.73 Å². The van der Waals surface area contributed by atoms with Crippen LogP contribution in [-0.2, 0) is 6.42 Å². The van der Waals surface area contributed by atoms with Crippen molar-refractivity contribution < 1.29 is 14.3 Å². The summed E-state index contributed by atoms with van der Waals surface area (Å²) < 4.78 is 15.8. The van der Waals surface area contributed by atoms with E-state index < -0.39 is 11.5 Å². The fourth-order valence-electron chi connectivity index (χ4n) is 3.54. The molecule has 0 atom stereocenters. The Labute approximate surface area is 182 Å². The molecule has 4 aromatic rings. The van der Waals surface area contributed by atoms with Gasteiger partial charge in [0.1, 0.15) is 11.4 Å². The predicted octanol–water partition coefficient (Wildman–Crippen LogP) is 3.79. The third-order valence-electron chi connectivity index (χ3n) is 5.02. The Bertz CT molecular complexity index is 1280. The Morgan fingerprint density at radius 1 is 1.32 bits per heavy atom. The molecule has 31 heavy (non-hydrogen) atoms. The van der Waals surface area contributed by atoms with E-state index in [9.17, 15) is 14.3 Å². The first-order valence-corrected chi connectivity index (χ1v) is 10.6. The van der Waals surface area contributed by atoms with Crippen LogP contribution in [0.15, 0.2) is 36.0 Å². The molecule has 0 spiro atoms. The van der Waals surface area contributed by atoms with Crippen molar-refractivity contribution in [2.75, 3.05) is 0 Å². The first-order chi connectivity index (χ1) is 14.6. The Morgan fingerprint density at radius 3 is 2.74 bits per heavy atom. The summed E-state index contributed by atoms with van der Waals surface area (Å²) >= 11 is 1.39. The van der Waals surface area contributed by atoms with Gasteiger partial charge in [-0.25, -0.2) is 19.3 Å². The van der Waals surface area contributed by atoms with Gasteiger partial charge in [0.15, 0.2) is 16.6 Å². The number of benzene rings is 1.